The van der Waals surface area contributed by atoms with Crippen molar-refractivity contribution in [3.8, 4) is 0 Å². The summed E-state index contributed by atoms with van der Waals surface area (Å²) in [4.78, 5) is 0.335. The monoisotopic (exact) mass is 604 g/mol. The van der Waals surface area contributed by atoms with E-state index >= 15 is 0 Å². The van der Waals surface area contributed by atoms with Gasteiger partial charge in [-0.1, -0.05) is 15.9 Å². The first kappa shape index (κ1) is 31.1. The molecule has 0 saturated carbocycles. The molecule has 7 nitrogen and oxygen atoms in total. The number of aliphatic hydroxyl groups excluding tert-OH is 1. The van der Waals surface area contributed by atoms with E-state index in [1.54, 1.807) is 13.8 Å². The fraction of sp³-hybridized carbons (Fsp3) is 1.00. The minimum absolute atomic E-state index is 0.0236. The van der Waals surface area contributed by atoms with E-state index < -0.39 is 28.5 Å². The Morgan fingerprint density at radius 3 is 2.05 bits per heavy atom. The summed E-state index contributed by atoms with van der Waals surface area (Å²) in [6.07, 6.45) is 6.09. The molecule has 0 amide bonds. The molecule has 4 aliphatic rings. The van der Waals surface area contributed by atoms with E-state index in [4.69, 9.17) is 18.9 Å². The molecule has 4 fully saturated rings. The molecule has 4 heterocycles. The van der Waals surface area contributed by atoms with Gasteiger partial charge in [-0.25, -0.2) is 0 Å². The topological polar surface area (TPSA) is 97.6 Å². The normalized spacial score (nSPS) is 46.3. The van der Waals surface area contributed by atoms with Crippen molar-refractivity contribution < 1.29 is 34.3 Å². The van der Waals surface area contributed by atoms with Crippen LogP contribution in [0, 0.1) is 0 Å². The van der Waals surface area contributed by atoms with Crippen LogP contribution in [0.25, 0.3) is 0 Å². The van der Waals surface area contributed by atoms with Crippen molar-refractivity contribution >= 4 is 15.9 Å². The second kappa shape index (κ2) is 10.5. The minimum atomic E-state index is -1.08. The first-order valence-electron chi connectivity index (χ1n) is 14.8. The second-order valence-corrected chi connectivity index (χ2v) is 15.8. The number of rotatable bonds is 7. The number of ether oxygens (including phenoxy) is 4. The van der Waals surface area contributed by atoms with Crippen LogP contribution >= 0.6 is 15.9 Å². The number of aliphatic hydroxyl groups is 3. The predicted octanol–water partition coefficient (Wildman–Crippen LogP) is 5.18. The highest BCUT2D eigenvalue weighted by molar-refractivity contribution is 9.09. The molecule has 0 aliphatic carbocycles. The molecule has 0 aromatic heterocycles. The van der Waals surface area contributed by atoms with E-state index in [-0.39, 0.29) is 35.6 Å². The number of hydrogen-bond donors (Lipinski definition) is 3. The Morgan fingerprint density at radius 1 is 0.816 bits per heavy atom. The van der Waals surface area contributed by atoms with Gasteiger partial charge in [-0.2, -0.15) is 0 Å². The fourth-order valence-corrected chi connectivity index (χ4v) is 7.60. The summed E-state index contributed by atoms with van der Waals surface area (Å²) in [6, 6.07) is 0. The van der Waals surface area contributed by atoms with Crippen LogP contribution in [-0.2, 0) is 18.9 Å². The van der Waals surface area contributed by atoms with Crippen molar-refractivity contribution in [2.45, 2.75) is 189 Å². The number of alkyl halides is 1. The maximum atomic E-state index is 11.5. The van der Waals surface area contributed by atoms with Gasteiger partial charge in [0, 0.05) is 4.83 Å². The molecule has 0 radical (unpaired) electrons. The van der Waals surface area contributed by atoms with E-state index in [2.05, 4.69) is 43.6 Å². The summed E-state index contributed by atoms with van der Waals surface area (Å²) < 4.78 is 26.1. The maximum Gasteiger partial charge on any atom is 0.0923 e. The van der Waals surface area contributed by atoms with Gasteiger partial charge in [0.2, 0.25) is 0 Å². The quantitative estimate of drug-likeness (QED) is 0.344. The maximum absolute atomic E-state index is 11.5. The molecule has 0 bridgehead atoms. The lowest BCUT2D eigenvalue weighted by molar-refractivity contribution is -0.301. The zero-order valence-electron chi connectivity index (χ0n) is 24.9. The molecule has 8 heteroatoms. The molecule has 38 heavy (non-hydrogen) atoms. The summed E-state index contributed by atoms with van der Waals surface area (Å²) in [6.45, 7) is 15.8. The zero-order valence-corrected chi connectivity index (χ0v) is 26.5. The SMILES string of the molecule is CC(C)(O)[C@H]1CC[C@@](C)([C@H](O)CC[C@](C)(O)[C@H]2CC[C@H]3OC([C@]4(C)CC[C@@H](Br)C(C)(C)O4)CC[C@]3(C)O2)O1. The summed E-state index contributed by atoms with van der Waals surface area (Å²) in [5.41, 5.74) is -3.78. The first-order valence-corrected chi connectivity index (χ1v) is 15.7. The van der Waals surface area contributed by atoms with Gasteiger partial charge in [0.05, 0.1) is 64.1 Å². The van der Waals surface area contributed by atoms with Crippen LogP contribution in [0.3, 0.4) is 0 Å². The number of hydrogen-bond acceptors (Lipinski definition) is 7. The van der Waals surface area contributed by atoms with Crippen LogP contribution in [0.2, 0.25) is 0 Å². The molecule has 222 valence electrons. The molecule has 1 unspecified atom stereocenters. The van der Waals surface area contributed by atoms with Gasteiger partial charge in [0.25, 0.3) is 0 Å². The highest BCUT2D eigenvalue weighted by Gasteiger charge is 2.55. The van der Waals surface area contributed by atoms with Crippen molar-refractivity contribution in [3.63, 3.8) is 0 Å². The Balaban J connectivity index is 1.33. The van der Waals surface area contributed by atoms with Crippen molar-refractivity contribution in [2.75, 3.05) is 0 Å². The molecule has 0 aromatic rings. The number of halogens is 1. The largest absolute Gasteiger partial charge is 0.390 e. The van der Waals surface area contributed by atoms with Gasteiger partial charge < -0.3 is 34.3 Å². The molecule has 4 aliphatic heterocycles. The van der Waals surface area contributed by atoms with Crippen LogP contribution in [0.15, 0.2) is 0 Å². The average molecular weight is 606 g/mol. The molecule has 4 rings (SSSR count). The van der Waals surface area contributed by atoms with Crippen molar-refractivity contribution in [1.82, 2.24) is 0 Å². The molecule has 4 saturated heterocycles. The van der Waals surface area contributed by atoms with Crippen LogP contribution < -0.4 is 0 Å². The summed E-state index contributed by atoms with van der Waals surface area (Å²) in [7, 11) is 0. The van der Waals surface area contributed by atoms with Crippen LogP contribution in [-0.4, -0.2) is 84.3 Å². The Labute approximate surface area is 238 Å². The van der Waals surface area contributed by atoms with E-state index in [1.165, 1.54) is 0 Å². The molecule has 10 atom stereocenters. The third-order valence-electron chi connectivity index (χ3n) is 10.3. The van der Waals surface area contributed by atoms with Crippen molar-refractivity contribution in [3.05, 3.63) is 0 Å². The Bertz CT molecular complexity index is 843. The van der Waals surface area contributed by atoms with Crippen molar-refractivity contribution in [2.24, 2.45) is 0 Å². The van der Waals surface area contributed by atoms with Gasteiger partial charge >= 0.3 is 0 Å². The van der Waals surface area contributed by atoms with Gasteiger partial charge in [0.1, 0.15) is 0 Å². The Hall–Kier alpha value is 0.200. The molecule has 0 spiro atoms. The Morgan fingerprint density at radius 2 is 1.45 bits per heavy atom. The predicted molar refractivity (Wildman–Crippen MR) is 151 cm³/mol. The third-order valence-corrected chi connectivity index (χ3v) is 11.8. The molecule has 3 N–H and O–H groups in total. The van der Waals surface area contributed by atoms with Gasteiger partial charge in [-0.05, 0) is 120 Å². The lowest BCUT2D eigenvalue weighted by Gasteiger charge is -2.56. The van der Waals surface area contributed by atoms with Gasteiger partial charge in [-0.15, -0.1) is 0 Å². The second-order valence-electron chi connectivity index (χ2n) is 14.7. The smallest absolute Gasteiger partial charge is 0.0923 e. The Kier molecular flexibility index (Phi) is 8.59. The minimum Gasteiger partial charge on any atom is -0.390 e. The van der Waals surface area contributed by atoms with Gasteiger partial charge in [0.15, 0.2) is 0 Å². The van der Waals surface area contributed by atoms with E-state index in [0.29, 0.717) is 36.9 Å². The van der Waals surface area contributed by atoms with Crippen LogP contribution in [0.5, 0.6) is 0 Å². The first-order chi connectivity index (χ1) is 17.3. The molecule has 0 aromatic carbocycles. The fourth-order valence-electron chi connectivity index (χ4n) is 7.27. The van der Waals surface area contributed by atoms with Crippen LogP contribution in [0.1, 0.15) is 120 Å². The lowest BCUT2D eigenvalue weighted by Crippen LogP contribution is -2.63. The van der Waals surface area contributed by atoms with Crippen LogP contribution in [0.4, 0.5) is 0 Å². The summed E-state index contributed by atoms with van der Waals surface area (Å²) in [5, 5.41) is 32.9. The lowest BCUT2D eigenvalue weighted by atomic mass is 9.75. The molecular weight excluding hydrogens is 552 g/mol. The number of fused-ring (bicyclic) bond motifs is 1. The van der Waals surface area contributed by atoms with E-state index in [9.17, 15) is 15.3 Å². The standard InChI is InChI=1S/C30H53BrO7/c1-25(2,33)21-13-17-28(6,36-21)20(32)12-15-27(5,34)22-9-10-23-29(7,37-22)18-14-24(35-23)30(8)16-11-19(31)26(3,4)38-30/h19-24,32-34H,9-18H2,1-8H3/t19-,20-,21-,22-,23-,24?,27+,28+,29+,30+/m1/s1. The molecular formula is C30H53BrO7. The van der Waals surface area contributed by atoms with E-state index in [1.807, 2.05) is 13.8 Å². The highest BCUT2D eigenvalue weighted by Crippen LogP contribution is 2.49. The van der Waals surface area contributed by atoms with E-state index in [0.717, 1.165) is 32.1 Å². The zero-order chi connectivity index (χ0) is 28.4. The van der Waals surface area contributed by atoms with Crippen molar-refractivity contribution in [1.29, 1.82) is 0 Å². The third kappa shape index (κ3) is 6.18. The summed E-state index contributed by atoms with van der Waals surface area (Å²) >= 11 is 3.79. The summed E-state index contributed by atoms with van der Waals surface area (Å²) in [5.74, 6) is 0. The average Bonchev–Trinajstić information content (AvgIpc) is 3.23. The highest BCUT2D eigenvalue weighted by atomic mass is 79.9. The van der Waals surface area contributed by atoms with Gasteiger partial charge in [-0.3, -0.25) is 0 Å².